The molecule has 0 aliphatic rings. The maximum atomic E-state index is 11.4. The number of hydrogen-bond acceptors (Lipinski definition) is 4. The Balaban J connectivity index is 3.16. The van der Waals surface area contributed by atoms with Crippen molar-refractivity contribution >= 4 is 39.2 Å². The molecule has 1 aromatic carbocycles. The van der Waals surface area contributed by atoms with E-state index in [9.17, 15) is 14.7 Å². The number of rotatable bonds is 5. The third-order valence-corrected chi connectivity index (χ3v) is 3.27. The molecule has 1 atom stereocenters. The number of carbonyl (C=O) groups is 2. The lowest BCUT2D eigenvalue weighted by molar-refractivity contribution is -0.121. The Labute approximate surface area is 124 Å². The molecular weight excluding hydrogens is 336 g/mol. The number of aromatic hydroxyl groups is 1. The van der Waals surface area contributed by atoms with Crippen molar-refractivity contribution in [3.8, 4) is 5.75 Å². The van der Waals surface area contributed by atoms with E-state index in [-0.39, 0.29) is 24.5 Å². The molecule has 4 N–H and O–H groups in total. The molecule has 0 aliphatic heterocycles. The van der Waals surface area contributed by atoms with Crippen LogP contribution in [0.2, 0.25) is 5.02 Å². The highest BCUT2D eigenvalue weighted by molar-refractivity contribution is 9.10. The second-order valence-electron chi connectivity index (χ2n) is 4.06. The molecule has 0 aliphatic carbocycles. The van der Waals surface area contributed by atoms with E-state index in [0.29, 0.717) is 15.1 Å². The quantitative estimate of drug-likeness (QED) is 0.757. The van der Waals surface area contributed by atoms with Gasteiger partial charge in [0.05, 0.1) is 17.1 Å². The number of phenols is 1. The molecule has 0 fully saturated rings. The highest BCUT2D eigenvalue weighted by atomic mass is 79.9. The Bertz CT molecular complexity index is 508. The lowest BCUT2D eigenvalue weighted by Gasteiger charge is -2.19. The smallest absolute Gasteiger partial charge is 0.234 e. The van der Waals surface area contributed by atoms with Crippen LogP contribution in [-0.4, -0.2) is 23.3 Å². The molecule has 1 unspecified atom stereocenters. The fourth-order valence-corrected chi connectivity index (χ4v) is 2.46. The SMILES string of the molecule is CC(=O)CC(NC(=O)CN)c1cc(Cl)cc(Br)c1O. The molecule has 1 rings (SSSR count). The van der Waals surface area contributed by atoms with E-state index in [1.165, 1.54) is 19.1 Å². The average Bonchev–Trinajstić information content (AvgIpc) is 2.32. The standard InChI is InChI=1S/C12H14BrClN2O3/c1-6(17)2-10(16-11(18)5-15)8-3-7(14)4-9(13)12(8)19/h3-4,10,19H,2,5,15H2,1H3,(H,16,18). The zero-order chi connectivity index (χ0) is 14.6. The number of benzene rings is 1. The average molecular weight is 350 g/mol. The molecule has 19 heavy (non-hydrogen) atoms. The van der Waals surface area contributed by atoms with Gasteiger partial charge in [-0.1, -0.05) is 11.6 Å². The van der Waals surface area contributed by atoms with Gasteiger partial charge in [-0.05, 0) is 35.0 Å². The lowest BCUT2D eigenvalue weighted by Crippen LogP contribution is -2.34. The molecule has 0 radical (unpaired) electrons. The zero-order valence-corrected chi connectivity index (χ0v) is 12.6. The van der Waals surface area contributed by atoms with Crippen molar-refractivity contribution in [2.75, 3.05) is 6.54 Å². The number of nitrogens with two attached hydrogens (primary N) is 1. The van der Waals surface area contributed by atoms with Crippen LogP contribution in [0.5, 0.6) is 5.75 Å². The molecule has 0 spiro atoms. The van der Waals surface area contributed by atoms with Gasteiger partial charge in [0.2, 0.25) is 5.91 Å². The van der Waals surface area contributed by atoms with Gasteiger partial charge in [-0.2, -0.15) is 0 Å². The molecule has 0 bridgehead atoms. The molecule has 5 nitrogen and oxygen atoms in total. The molecule has 0 saturated heterocycles. The van der Waals surface area contributed by atoms with Gasteiger partial charge in [-0.25, -0.2) is 0 Å². The first-order valence-corrected chi connectivity index (χ1v) is 6.69. The maximum absolute atomic E-state index is 11.4. The molecule has 7 heteroatoms. The van der Waals surface area contributed by atoms with Gasteiger partial charge in [0, 0.05) is 17.0 Å². The van der Waals surface area contributed by atoms with Crippen LogP contribution < -0.4 is 11.1 Å². The monoisotopic (exact) mass is 348 g/mol. The van der Waals surface area contributed by atoms with E-state index < -0.39 is 11.9 Å². The normalized spacial score (nSPS) is 12.0. The fourth-order valence-electron chi connectivity index (χ4n) is 1.63. The number of hydrogen-bond donors (Lipinski definition) is 3. The van der Waals surface area contributed by atoms with Crippen molar-refractivity contribution < 1.29 is 14.7 Å². The first-order chi connectivity index (χ1) is 8.85. The Hall–Kier alpha value is -1.11. The first-order valence-electron chi connectivity index (χ1n) is 5.52. The largest absolute Gasteiger partial charge is 0.506 e. The van der Waals surface area contributed by atoms with E-state index in [1.54, 1.807) is 0 Å². The number of halogens is 2. The van der Waals surface area contributed by atoms with Crippen molar-refractivity contribution in [3.63, 3.8) is 0 Å². The number of ketones is 1. The summed E-state index contributed by atoms with van der Waals surface area (Å²) in [5, 5.41) is 13.0. The minimum absolute atomic E-state index is 0.0477. The summed E-state index contributed by atoms with van der Waals surface area (Å²) in [5.41, 5.74) is 5.60. The Morgan fingerprint density at radius 3 is 2.68 bits per heavy atom. The highest BCUT2D eigenvalue weighted by Gasteiger charge is 2.21. The van der Waals surface area contributed by atoms with Crippen LogP contribution in [0.3, 0.4) is 0 Å². The summed E-state index contributed by atoms with van der Waals surface area (Å²) in [6.45, 7) is 1.20. The van der Waals surface area contributed by atoms with Crippen LogP contribution in [0.15, 0.2) is 16.6 Å². The number of carbonyl (C=O) groups excluding carboxylic acids is 2. The third-order valence-electron chi connectivity index (χ3n) is 2.45. The second kappa shape index (κ2) is 6.88. The van der Waals surface area contributed by atoms with Gasteiger partial charge < -0.3 is 16.2 Å². The predicted octanol–water partition coefficient (Wildman–Crippen LogP) is 1.90. The molecule has 0 saturated carbocycles. The van der Waals surface area contributed by atoms with Gasteiger partial charge in [-0.15, -0.1) is 0 Å². The number of phenolic OH excluding ortho intramolecular Hbond substituents is 1. The van der Waals surface area contributed by atoms with Gasteiger partial charge >= 0.3 is 0 Å². The maximum Gasteiger partial charge on any atom is 0.234 e. The zero-order valence-electron chi connectivity index (χ0n) is 10.2. The number of nitrogens with one attached hydrogen (secondary N) is 1. The van der Waals surface area contributed by atoms with E-state index in [0.717, 1.165) is 0 Å². The molecule has 1 amide bonds. The predicted molar refractivity (Wildman–Crippen MR) is 76.1 cm³/mol. The fraction of sp³-hybridized carbons (Fsp3) is 0.333. The van der Waals surface area contributed by atoms with Crippen LogP contribution in [0.4, 0.5) is 0 Å². The molecule has 104 valence electrons. The first kappa shape index (κ1) is 15.9. The van der Waals surface area contributed by atoms with Crippen LogP contribution in [-0.2, 0) is 9.59 Å². The Morgan fingerprint density at radius 2 is 2.16 bits per heavy atom. The minimum Gasteiger partial charge on any atom is -0.506 e. The third kappa shape index (κ3) is 4.49. The minimum atomic E-state index is -0.663. The summed E-state index contributed by atoms with van der Waals surface area (Å²) in [7, 11) is 0. The van der Waals surface area contributed by atoms with Crippen molar-refractivity contribution in [2.45, 2.75) is 19.4 Å². The van der Waals surface area contributed by atoms with Crippen molar-refractivity contribution in [2.24, 2.45) is 5.73 Å². The van der Waals surface area contributed by atoms with Crippen LogP contribution in [0.1, 0.15) is 24.9 Å². The van der Waals surface area contributed by atoms with E-state index in [2.05, 4.69) is 21.2 Å². The second-order valence-corrected chi connectivity index (χ2v) is 5.35. The van der Waals surface area contributed by atoms with Crippen LogP contribution >= 0.6 is 27.5 Å². The molecule has 0 heterocycles. The molecule has 0 aromatic heterocycles. The topological polar surface area (TPSA) is 92.4 Å². The summed E-state index contributed by atoms with van der Waals surface area (Å²) >= 11 is 9.07. The Kier molecular flexibility index (Phi) is 5.78. The summed E-state index contributed by atoms with van der Waals surface area (Å²) < 4.78 is 0.394. The van der Waals surface area contributed by atoms with Crippen molar-refractivity contribution in [1.82, 2.24) is 5.32 Å². The van der Waals surface area contributed by atoms with Gasteiger partial charge in [0.1, 0.15) is 11.5 Å². The number of amides is 1. The lowest BCUT2D eigenvalue weighted by atomic mass is 10.0. The highest BCUT2D eigenvalue weighted by Crippen LogP contribution is 2.36. The molecule has 1 aromatic rings. The summed E-state index contributed by atoms with van der Waals surface area (Å²) in [6.07, 6.45) is 0.0477. The number of Topliss-reactive ketones (excluding diaryl/α,β-unsaturated/α-hetero) is 1. The van der Waals surface area contributed by atoms with Crippen molar-refractivity contribution in [3.05, 3.63) is 27.2 Å². The summed E-state index contributed by atoms with van der Waals surface area (Å²) in [5.74, 6) is -0.604. The Morgan fingerprint density at radius 1 is 1.53 bits per heavy atom. The van der Waals surface area contributed by atoms with Crippen LogP contribution in [0.25, 0.3) is 0 Å². The van der Waals surface area contributed by atoms with Crippen molar-refractivity contribution in [1.29, 1.82) is 0 Å². The summed E-state index contributed by atoms with van der Waals surface area (Å²) in [6, 6.07) is 2.37. The molecular formula is C12H14BrClN2O3. The van der Waals surface area contributed by atoms with Crippen LogP contribution in [0, 0.1) is 0 Å². The van der Waals surface area contributed by atoms with E-state index in [1.807, 2.05) is 0 Å². The van der Waals surface area contributed by atoms with E-state index >= 15 is 0 Å². The summed E-state index contributed by atoms with van der Waals surface area (Å²) in [4.78, 5) is 22.7. The van der Waals surface area contributed by atoms with Gasteiger partial charge in [0.25, 0.3) is 0 Å². The van der Waals surface area contributed by atoms with Gasteiger partial charge in [0.15, 0.2) is 0 Å². The van der Waals surface area contributed by atoms with Gasteiger partial charge in [-0.3, -0.25) is 9.59 Å². The van der Waals surface area contributed by atoms with E-state index in [4.69, 9.17) is 17.3 Å².